The van der Waals surface area contributed by atoms with E-state index in [1.165, 1.54) is 6.07 Å². The quantitative estimate of drug-likeness (QED) is 0.818. The maximum absolute atomic E-state index is 12.0. The monoisotopic (exact) mass is 272 g/mol. The van der Waals surface area contributed by atoms with Crippen molar-refractivity contribution in [1.82, 2.24) is 9.78 Å². The minimum Gasteiger partial charge on any atom is -0.398 e. The number of nitrogen functional groups attached to an aromatic ring is 1. The van der Waals surface area contributed by atoms with Crippen molar-refractivity contribution >= 4 is 17.3 Å². The Kier molecular flexibility index (Phi) is 3.84. The van der Waals surface area contributed by atoms with Gasteiger partial charge in [-0.3, -0.25) is 9.59 Å². The molecule has 0 radical (unpaired) electrons. The summed E-state index contributed by atoms with van der Waals surface area (Å²) in [7, 11) is 0. The lowest BCUT2D eigenvalue weighted by molar-refractivity contribution is -0.117. The van der Waals surface area contributed by atoms with Gasteiger partial charge in [0.2, 0.25) is 5.91 Å². The lowest BCUT2D eigenvalue weighted by Gasteiger charge is -2.10. The van der Waals surface area contributed by atoms with Gasteiger partial charge in [-0.25, -0.2) is 4.68 Å². The largest absolute Gasteiger partial charge is 0.398 e. The van der Waals surface area contributed by atoms with Crippen molar-refractivity contribution in [3.8, 4) is 0 Å². The van der Waals surface area contributed by atoms with Crippen LogP contribution in [0.15, 0.2) is 35.1 Å². The van der Waals surface area contributed by atoms with Gasteiger partial charge < -0.3 is 11.1 Å². The van der Waals surface area contributed by atoms with Crippen molar-refractivity contribution in [3.05, 3.63) is 51.9 Å². The number of anilines is 2. The number of benzene rings is 1. The molecule has 0 saturated carbocycles. The highest BCUT2D eigenvalue weighted by Crippen LogP contribution is 2.20. The normalized spacial score (nSPS) is 10.3. The van der Waals surface area contributed by atoms with Crippen molar-refractivity contribution in [2.24, 2.45) is 0 Å². The molecular weight excluding hydrogens is 256 g/mol. The molecule has 20 heavy (non-hydrogen) atoms. The summed E-state index contributed by atoms with van der Waals surface area (Å²) in [5.74, 6) is -0.320. The molecule has 0 fully saturated rings. The number of aromatic nitrogens is 2. The van der Waals surface area contributed by atoms with Crippen molar-refractivity contribution in [1.29, 1.82) is 0 Å². The van der Waals surface area contributed by atoms with Crippen molar-refractivity contribution in [3.63, 3.8) is 0 Å². The third-order valence-electron chi connectivity index (χ3n) is 2.94. The Bertz CT molecular complexity index is 707. The van der Waals surface area contributed by atoms with Gasteiger partial charge in [0.1, 0.15) is 6.54 Å². The number of carbonyl (C=O) groups excluding carboxylic acids is 1. The lowest BCUT2D eigenvalue weighted by atomic mass is 10.1. The maximum Gasteiger partial charge on any atom is 0.267 e. The summed E-state index contributed by atoms with van der Waals surface area (Å²) in [5, 5.41) is 6.74. The fourth-order valence-corrected chi connectivity index (χ4v) is 1.78. The minimum atomic E-state index is -0.320. The molecule has 1 aromatic heterocycles. The van der Waals surface area contributed by atoms with E-state index in [1.54, 1.807) is 31.2 Å². The number of carbonyl (C=O) groups is 1. The molecule has 0 aliphatic carbocycles. The van der Waals surface area contributed by atoms with E-state index in [0.717, 1.165) is 10.2 Å². The number of nitrogens with one attached hydrogen (secondary N) is 1. The molecule has 2 rings (SSSR count). The van der Waals surface area contributed by atoms with E-state index in [2.05, 4.69) is 10.4 Å². The maximum atomic E-state index is 12.0. The summed E-state index contributed by atoms with van der Waals surface area (Å²) < 4.78 is 1.13. The van der Waals surface area contributed by atoms with Gasteiger partial charge in [0.25, 0.3) is 5.56 Å². The van der Waals surface area contributed by atoms with Crippen LogP contribution in [0.5, 0.6) is 0 Å². The summed E-state index contributed by atoms with van der Waals surface area (Å²) in [5.41, 5.74) is 8.18. The molecule has 0 unspecified atom stereocenters. The summed E-state index contributed by atoms with van der Waals surface area (Å²) in [4.78, 5) is 23.5. The number of nitrogens with zero attached hydrogens (tertiary/aromatic N) is 2. The van der Waals surface area contributed by atoms with Crippen LogP contribution in [0, 0.1) is 13.8 Å². The van der Waals surface area contributed by atoms with E-state index < -0.39 is 0 Å². The first-order valence-electron chi connectivity index (χ1n) is 6.17. The average Bonchev–Trinajstić information content (AvgIpc) is 2.39. The molecule has 0 aliphatic heterocycles. The molecule has 6 nitrogen and oxygen atoms in total. The van der Waals surface area contributed by atoms with Gasteiger partial charge in [-0.1, -0.05) is 6.07 Å². The SMILES string of the molecule is Cc1ccc(=O)n(CC(=O)Nc2cccc(N)c2C)n1. The first-order chi connectivity index (χ1) is 9.47. The van der Waals surface area contributed by atoms with Crippen LogP contribution in [0.2, 0.25) is 0 Å². The minimum absolute atomic E-state index is 0.130. The zero-order valence-corrected chi connectivity index (χ0v) is 11.4. The van der Waals surface area contributed by atoms with E-state index in [4.69, 9.17) is 5.73 Å². The second-order valence-corrected chi connectivity index (χ2v) is 4.54. The number of amides is 1. The van der Waals surface area contributed by atoms with Gasteiger partial charge in [-0.2, -0.15) is 5.10 Å². The van der Waals surface area contributed by atoms with Gasteiger partial charge in [0.05, 0.1) is 5.69 Å². The van der Waals surface area contributed by atoms with Gasteiger partial charge in [0.15, 0.2) is 0 Å². The Labute approximate surface area is 116 Å². The van der Waals surface area contributed by atoms with Crippen molar-refractivity contribution in [2.75, 3.05) is 11.1 Å². The molecule has 1 heterocycles. The van der Waals surface area contributed by atoms with Crippen LogP contribution in [0.1, 0.15) is 11.3 Å². The highest BCUT2D eigenvalue weighted by Gasteiger charge is 2.08. The predicted octanol–water partition coefficient (Wildman–Crippen LogP) is 1.08. The molecule has 3 N–H and O–H groups in total. The molecule has 0 saturated heterocycles. The zero-order valence-electron chi connectivity index (χ0n) is 11.4. The zero-order chi connectivity index (χ0) is 14.7. The van der Waals surface area contributed by atoms with Gasteiger partial charge in [-0.15, -0.1) is 0 Å². The average molecular weight is 272 g/mol. The number of nitrogens with two attached hydrogens (primary N) is 1. The molecule has 1 aromatic carbocycles. The van der Waals surface area contributed by atoms with Crippen LogP contribution in [0.3, 0.4) is 0 Å². The lowest BCUT2D eigenvalue weighted by Crippen LogP contribution is -2.29. The van der Waals surface area contributed by atoms with Crippen LogP contribution < -0.4 is 16.6 Å². The first-order valence-corrected chi connectivity index (χ1v) is 6.17. The molecule has 0 spiro atoms. The smallest absolute Gasteiger partial charge is 0.267 e. The first kappa shape index (κ1) is 13.8. The fourth-order valence-electron chi connectivity index (χ4n) is 1.78. The third-order valence-corrected chi connectivity index (χ3v) is 2.94. The van der Waals surface area contributed by atoms with E-state index >= 15 is 0 Å². The van der Waals surface area contributed by atoms with E-state index in [0.29, 0.717) is 17.1 Å². The molecule has 1 amide bonds. The predicted molar refractivity (Wildman–Crippen MR) is 77.5 cm³/mol. The van der Waals surface area contributed by atoms with Crippen LogP contribution >= 0.6 is 0 Å². The number of hydrogen-bond acceptors (Lipinski definition) is 4. The van der Waals surface area contributed by atoms with E-state index in [9.17, 15) is 9.59 Å². The number of hydrogen-bond donors (Lipinski definition) is 2. The van der Waals surface area contributed by atoms with Crippen molar-refractivity contribution < 1.29 is 4.79 Å². The number of aryl methyl sites for hydroxylation is 1. The van der Waals surface area contributed by atoms with E-state index in [1.807, 2.05) is 6.92 Å². The van der Waals surface area contributed by atoms with E-state index in [-0.39, 0.29) is 18.0 Å². The van der Waals surface area contributed by atoms with Crippen LogP contribution in [-0.2, 0) is 11.3 Å². The highest BCUT2D eigenvalue weighted by molar-refractivity contribution is 5.92. The number of rotatable bonds is 3. The molecule has 6 heteroatoms. The molecule has 104 valence electrons. The summed E-state index contributed by atoms with van der Waals surface area (Å²) >= 11 is 0. The van der Waals surface area contributed by atoms with Crippen LogP contribution in [0.4, 0.5) is 11.4 Å². The van der Waals surface area contributed by atoms with Crippen LogP contribution in [-0.4, -0.2) is 15.7 Å². The fraction of sp³-hybridized carbons (Fsp3) is 0.214. The third kappa shape index (κ3) is 3.03. The summed E-state index contributed by atoms with van der Waals surface area (Å²) in [6.45, 7) is 3.45. The Balaban J connectivity index is 2.15. The molecule has 0 atom stereocenters. The summed E-state index contributed by atoms with van der Waals surface area (Å²) in [6.07, 6.45) is 0. The van der Waals surface area contributed by atoms with Crippen molar-refractivity contribution in [2.45, 2.75) is 20.4 Å². The highest BCUT2D eigenvalue weighted by atomic mass is 16.2. The Morgan fingerprint density at radius 3 is 2.80 bits per heavy atom. The topological polar surface area (TPSA) is 90.0 Å². The Morgan fingerprint density at radius 1 is 1.30 bits per heavy atom. The molecule has 2 aromatic rings. The van der Waals surface area contributed by atoms with Crippen LogP contribution in [0.25, 0.3) is 0 Å². The van der Waals surface area contributed by atoms with Gasteiger partial charge >= 0.3 is 0 Å². The summed E-state index contributed by atoms with van der Waals surface area (Å²) in [6, 6.07) is 8.28. The Hall–Kier alpha value is -2.63. The Morgan fingerprint density at radius 2 is 2.05 bits per heavy atom. The standard InChI is InChI=1S/C14H16N4O2/c1-9-6-7-14(20)18(17-9)8-13(19)16-12-5-3-4-11(15)10(12)2/h3-7H,8,15H2,1-2H3,(H,16,19). The molecule has 0 bridgehead atoms. The molecule has 0 aliphatic rings. The van der Waals surface area contributed by atoms with Gasteiger partial charge in [-0.05, 0) is 37.6 Å². The second-order valence-electron chi connectivity index (χ2n) is 4.54. The van der Waals surface area contributed by atoms with Gasteiger partial charge in [0, 0.05) is 17.4 Å². The second kappa shape index (κ2) is 5.56. The molecular formula is C14H16N4O2.